The minimum atomic E-state index is -0.797. The number of hydrogen-bond donors (Lipinski definition) is 0. The van der Waals surface area contributed by atoms with Gasteiger partial charge in [-0.15, -0.1) is 0 Å². The van der Waals surface area contributed by atoms with Gasteiger partial charge in [0.2, 0.25) is 5.78 Å². The Hall–Kier alpha value is -2.53. The molecule has 5 nitrogen and oxygen atoms in total. The zero-order valence-electron chi connectivity index (χ0n) is 17.2. The first-order valence-corrected chi connectivity index (χ1v) is 9.70. The number of hydrogen-bond acceptors (Lipinski definition) is 5. The van der Waals surface area contributed by atoms with E-state index < -0.39 is 5.60 Å². The molecule has 2 aliphatic rings. The fourth-order valence-electron chi connectivity index (χ4n) is 4.02. The van der Waals surface area contributed by atoms with E-state index in [1.807, 2.05) is 51.1 Å². The van der Waals surface area contributed by atoms with Crippen LogP contribution in [-0.4, -0.2) is 38.2 Å². The second-order valence-electron chi connectivity index (χ2n) is 8.04. The van der Waals surface area contributed by atoms with Crippen molar-refractivity contribution in [2.45, 2.75) is 39.4 Å². The van der Waals surface area contributed by atoms with Crippen LogP contribution in [0.5, 0.6) is 11.5 Å². The van der Waals surface area contributed by atoms with Crippen LogP contribution in [0.25, 0.3) is 0 Å². The van der Waals surface area contributed by atoms with E-state index in [4.69, 9.17) is 14.2 Å². The van der Waals surface area contributed by atoms with Gasteiger partial charge in [-0.05, 0) is 62.6 Å². The van der Waals surface area contributed by atoms with Crippen LogP contribution in [0.15, 0.2) is 30.3 Å². The fourth-order valence-corrected chi connectivity index (χ4v) is 4.02. The van der Waals surface area contributed by atoms with E-state index in [2.05, 4.69) is 11.8 Å². The smallest absolute Gasteiger partial charge is 0.209 e. The molecule has 4 rings (SSSR count). The van der Waals surface area contributed by atoms with Gasteiger partial charge in [-0.2, -0.15) is 0 Å². The minimum absolute atomic E-state index is 0.0176. The monoisotopic (exact) mass is 381 g/mol. The van der Waals surface area contributed by atoms with Gasteiger partial charge in [0.15, 0.2) is 5.60 Å². The Kier molecular flexibility index (Phi) is 4.58. The number of rotatable bonds is 3. The molecule has 5 heteroatoms. The van der Waals surface area contributed by atoms with Crippen molar-refractivity contribution in [3.63, 3.8) is 0 Å². The van der Waals surface area contributed by atoms with Crippen LogP contribution in [0, 0.1) is 13.8 Å². The van der Waals surface area contributed by atoms with E-state index in [9.17, 15) is 4.79 Å². The summed E-state index contributed by atoms with van der Waals surface area (Å²) in [6.07, 6.45) is -0.0176. The summed E-state index contributed by atoms with van der Waals surface area (Å²) in [4.78, 5) is 15.1. The number of benzene rings is 2. The molecule has 2 heterocycles. The predicted molar refractivity (Wildman–Crippen MR) is 109 cm³/mol. The first kappa shape index (κ1) is 18.8. The molecule has 1 saturated heterocycles. The minimum Gasteiger partial charge on any atom is -0.497 e. The number of ether oxygens (including phenoxy) is 3. The summed E-state index contributed by atoms with van der Waals surface area (Å²) < 4.78 is 17.3. The van der Waals surface area contributed by atoms with Gasteiger partial charge in [-0.3, -0.25) is 4.79 Å². The summed E-state index contributed by atoms with van der Waals surface area (Å²) in [6.45, 7) is 9.97. The Morgan fingerprint density at radius 3 is 2.54 bits per heavy atom. The maximum absolute atomic E-state index is 12.8. The van der Waals surface area contributed by atoms with E-state index in [0.717, 1.165) is 47.0 Å². The maximum atomic E-state index is 12.8. The third-order valence-electron chi connectivity index (χ3n) is 5.86. The van der Waals surface area contributed by atoms with Crippen molar-refractivity contribution in [3.8, 4) is 11.5 Å². The number of Topliss-reactive ketones (excluding diaryl/α,β-unsaturated/α-hetero) is 1. The Morgan fingerprint density at radius 2 is 1.86 bits per heavy atom. The van der Waals surface area contributed by atoms with Gasteiger partial charge >= 0.3 is 0 Å². The number of carbonyl (C=O) groups is 1. The van der Waals surface area contributed by atoms with Crippen molar-refractivity contribution < 1.29 is 19.0 Å². The zero-order chi connectivity index (χ0) is 20.1. The molecule has 2 aromatic rings. The van der Waals surface area contributed by atoms with Crippen molar-refractivity contribution in [2.24, 2.45) is 0 Å². The number of anilines is 1. The number of fused-ring (bicyclic) bond motifs is 1. The number of ketones is 1. The molecule has 0 amide bonds. The van der Waals surface area contributed by atoms with Crippen LogP contribution in [0.3, 0.4) is 0 Å². The normalized spacial score (nSPS) is 20.7. The van der Waals surface area contributed by atoms with Gasteiger partial charge in [0.05, 0.1) is 19.3 Å². The molecule has 0 bridgehead atoms. The molecule has 2 aliphatic heterocycles. The van der Waals surface area contributed by atoms with Crippen molar-refractivity contribution in [1.82, 2.24) is 0 Å². The Balaban J connectivity index is 1.65. The summed E-state index contributed by atoms with van der Waals surface area (Å²) in [5.74, 6) is 1.62. The van der Waals surface area contributed by atoms with Gasteiger partial charge in [-0.1, -0.05) is 12.1 Å². The summed E-state index contributed by atoms with van der Waals surface area (Å²) in [5.41, 5.74) is 4.30. The van der Waals surface area contributed by atoms with Crippen LogP contribution >= 0.6 is 0 Å². The molecular weight excluding hydrogens is 354 g/mol. The molecule has 1 unspecified atom stereocenters. The first-order valence-electron chi connectivity index (χ1n) is 9.70. The van der Waals surface area contributed by atoms with Crippen molar-refractivity contribution in [1.29, 1.82) is 0 Å². The molecule has 28 heavy (non-hydrogen) atoms. The van der Waals surface area contributed by atoms with Crippen LogP contribution in [0.1, 0.15) is 47.0 Å². The third kappa shape index (κ3) is 3.04. The summed E-state index contributed by atoms with van der Waals surface area (Å²) in [5, 5.41) is 0. The van der Waals surface area contributed by atoms with Gasteiger partial charge < -0.3 is 19.1 Å². The molecule has 148 valence electrons. The van der Waals surface area contributed by atoms with E-state index in [1.165, 1.54) is 0 Å². The van der Waals surface area contributed by atoms with E-state index in [-0.39, 0.29) is 11.9 Å². The van der Waals surface area contributed by atoms with Gasteiger partial charge in [0.25, 0.3) is 0 Å². The number of carbonyl (C=O) groups excluding carboxylic acids is 1. The largest absolute Gasteiger partial charge is 0.497 e. The first-order chi connectivity index (χ1) is 13.3. The van der Waals surface area contributed by atoms with E-state index in [0.29, 0.717) is 12.2 Å². The molecule has 2 aromatic carbocycles. The Labute approximate surface area is 166 Å². The number of morpholine rings is 1. The van der Waals surface area contributed by atoms with Gasteiger partial charge in [0, 0.05) is 18.8 Å². The van der Waals surface area contributed by atoms with Gasteiger partial charge in [-0.25, -0.2) is 0 Å². The second kappa shape index (κ2) is 6.82. The lowest BCUT2D eigenvalue weighted by molar-refractivity contribution is 0.0397. The topological polar surface area (TPSA) is 48.0 Å². The molecule has 1 atom stereocenters. The summed E-state index contributed by atoms with van der Waals surface area (Å²) in [6, 6.07) is 10.0. The average molecular weight is 381 g/mol. The summed E-state index contributed by atoms with van der Waals surface area (Å²) in [7, 11) is 1.67. The molecule has 1 fully saturated rings. The van der Waals surface area contributed by atoms with E-state index in [1.54, 1.807) is 7.11 Å². The van der Waals surface area contributed by atoms with Crippen LogP contribution < -0.4 is 14.4 Å². The lowest BCUT2D eigenvalue weighted by Gasteiger charge is -2.36. The van der Waals surface area contributed by atoms with E-state index >= 15 is 0 Å². The standard InChI is InChI=1S/C23H27NO4/c1-14-15(2)21-18(22(25)23(3,4)28-21)12-19(14)24-10-11-27-20(13-24)16-6-8-17(26-5)9-7-16/h6-9,12,20H,10-11,13H2,1-5H3. The highest BCUT2D eigenvalue weighted by Gasteiger charge is 2.41. The number of nitrogens with zero attached hydrogens (tertiary/aromatic N) is 1. The van der Waals surface area contributed by atoms with Crippen LogP contribution in [0.2, 0.25) is 0 Å². The lowest BCUT2D eigenvalue weighted by atomic mass is 9.95. The molecule has 0 saturated carbocycles. The fraction of sp³-hybridized carbons (Fsp3) is 0.435. The second-order valence-corrected chi connectivity index (χ2v) is 8.04. The Bertz CT molecular complexity index is 917. The molecule has 0 radical (unpaired) electrons. The lowest BCUT2D eigenvalue weighted by Crippen LogP contribution is -2.39. The van der Waals surface area contributed by atoms with Crippen LogP contribution in [-0.2, 0) is 4.74 Å². The number of methoxy groups -OCH3 is 1. The third-order valence-corrected chi connectivity index (χ3v) is 5.86. The van der Waals surface area contributed by atoms with Crippen molar-refractivity contribution in [3.05, 3.63) is 52.6 Å². The molecular formula is C23H27NO4. The predicted octanol–water partition coefficient (Wildman–Crippen LogP) is 4.24. The zero-order valence-corrected chi connectivity index (χ0v) is 17.2. The van der Waals surface area contributed by atoms with Gasteiger partial charge in [0.1, 0.15) is 17.6 Å². The molecule has 0 spiro atoms. The maximum Gasteiger partial charge on any atom is 0.209 e. The molecule has 0 aliphatic carbocycles. The highest BCUT2D eigenvalue weighted by Crippen LogP contribution is 2.43. The highest BCUT2D eigenvalue weighted by atomic mass is 16.5. The highest BCUT2D eigenvalue weighted by molar-refractivity contribution is 6.08. The summed E-state index contributed by atoms with van der Waals surface area (Å²) >= 11 is 0. The Morgan fingerprint density at radius 1 is 1.14 bits per heavy atom. The molecule has 0 N–H and O–H groups in total. The van der Waals surface area contributed by atoms with Crippen LogP contribution in [0.4, 0.5) is 5.69 Å². The molecule has 0 aromatic heterocycles. The van der Waals surface area contributed by atoms with Crippen molar-refractivity contribution >= 4 is 11.5 Å². The quantitative estimate of drug-likeness (QED) is 0.796. The SMILES string of the molecule is COc1ccc(C2CN(c3cc4c(c(C)c3C)OC(C)(C)C4=O)CCO2)cc1. The van der Waals surface area contributed by atoms with Crippen molar-refractivity contribution in [2.75, 3.05) is 31.7 Å². The average Bonchev–Trinajstić information content (AvgIpc) is 2.94.